The lowest BCUT2D eigenvalue weighted by molar-refractivity contribution is -0.144. The van der Waals surface area contributed by atoms with Gasteiger partial charge in [-0.15, -0.1) is 0 Å². The largest absolute Gasteiger partial charge is 0.484 e. The molecule has 0 bridgehead atoms. The van der Waals surface area contributed by atoms with Crippen molar-refractivity contribution >= 4 is 29.5 Å². The lowest BCUT2D eigenvalue weighted by Crippen LogP contribution is -2.49. The van der Waals surface area contributed by atoms with E-state index in [4.69, 9.17) is 9.84 Å². The monoisotopic (exact) mass is 354 g/mol. The molecule has 1 atom stereocenters. The van der Waals surface area contributed by atoms with E-state index >= 15 is 0 Å². The van der Waals surface area contributed by atoms with Crippen molar-refractivity contribution in [2.45, 2.75) is 12.5 Å². The summed E-state index contributed by atoms with van der Waals surface area (Å²) in [5.74, 6) is -0.741. The molecule has 1 unspecified atom stereocenters. The second kappa shape index (κ2) is 10.5. The van der Waals surface area contributed by atoms with Gasteiger partial charge in [-0.05, 0) is 30.6 Å². The van der Waals surface area contributed by atoms with E-state index < -0.39 is 30.4 Å². The summed E-state index contributed by atoms with van der Waals surface area (Å²) in [6.07, 6.45) is 2.31. The summed E-state index contributed by atoms with van der Waals surface area (Å²) in [5, 5.41) is 11.4. The highest BCUT2D eigenvalue weighted by Crippen LogP contribution is 2.08. The fourth-order valence-corrected chi connectivity index (χ4v) is 2.41. The number of nitrogens with zero attached hydrogens (tertiary/aromatic N) is 1. The number of rotatable bonds is 10. The van der Waals surface area contributed by atoms with Crippen LogP contribution >= 0.6 is 11.8 Å². The van der Waals surface area contributed by atoms with Crippen LogP contribution in [0.3, 0.4) is 0 Å². The first kappa shape index (κ1) is 19.8. The van der Waals surface area contributed by atoms with Gasteiger partial charge in [-0.25, -0.2) is 0 Å². The maximum atomic E-state index is 12.3. The van der Waals surface area contributed by atoms with Crippen molar-refractivity contribution in [3.8, 4) is 5.75 Å². The number of aliphatic carboxylic acids is 1. The normalized spacial score (nSPS) is 11.4. The van der Waals surface area contributed by atoms with Gasteiger partial charge in [0, 0.05) is 7.05 Å². The first-order valence-electron chi connectivity index (χ1n) is 7.37. The molecule has 0 radical (unpaired) electrons. The van der Waals surface area contributed by atoms with Gasteiger partial charge in [0.15, 0.2) is 6.61 Å². The Labute approximate surface area is 145 Å². The molecular weight excluding hydrogens is 332 g/mol. The van der Waals surface area contributed by atoms with Crippen LogP contribution in [-0.2, 0) is 14.4 Å². The average Bonchev–Trinajstić information content (AvgIpc) is 2.56. The van der Waals surface area contributed by atoms with Crippen LogP contribution in [0.2, 0.25) is 0 Å². The van der Waals surface area contributed by atoms with Gasteiger partial charge in [0.1, 0.15) is 18.3 Å². The molecule has 0 saturated carbocycles. The van der Waals surface area contributed by atoms with E-state index in [0.29, 0.717) is 17.9 Å². The van der Waals surface area contributed by atoms with Crippen molar-refractivity contribution < 1.29 is 24.2 Å². The number of likely N-dealkylation sites (N-methyl/N-ethyl adjacent to an activating group) is 1. The molecule has 24 heavy (non-hydrogen) atoms. The van der Waals surface area contributed by atoms with E-state index in [2.05, 4.69) is 5.32 Å². The molecule has 0 aliphatic carbocycles. The second-order valence-electron chi connectivity index (χ2n) is 5.09. The van der Waals surface area contributed by atoms with Crippen LogP contribution in [0.5, 0.6) is 5.75 Å². The Balaban J connectivity index is 2.58. The van der Waals surface area contributed by atoms with Gasteiger partial charge in [-0.2, -0.15) is 11.8 Å². The molecular formula is C16H22N2O5S. The molecule has 132 valence electrons. The van der Waals surface area contributed by atoms with E-state index in [1.807, 2.05) is 12.3 Å². The topological polar surface area (TPSA) is 95.9 Å². The predicted octanol–water partition coefficient (Wildman–Crippen LogP) is 0.846. The molecule has 1 aromatic rings. The Bertz CT molecular complexity index is 553. The lowest BCUT2D eigenvalue weighted by Gasteiger charge is -2.23. The molecule has 8 heteroatoms. The molecule has 0 spiro atoms. The van der Waals surface area contributed by atoms with Crippen molar-refractivity contribution in [2.24, 2.45) is 0 Å². The number of carboxylic acids is 1. The Morgan fingerprint density at radius 1 is 1.29 bits per heavy atom. The van der Waals surface area contributed by atoms with Crippen LogP contribution in [0.15, 0.2) is 30.3 Å². The van der Waals surface area contributed by atoms with E-state index in [0.717, 1.165) is 4.90 Å². The number of carbonyl (C=O) groups is 3. The van der Waals surface area contributed by atoms with Crippen molar-refractivity contribution in [1.29, 1.82) is 0 Å². The maximum Gasteiger partial charge on any atom is 0.323 e. The zero-order valence-electron chi connectivity index (χ0n) is 13.7. The zero-order valence-corrected chi connectivity index (χ0v) is 14.5. The standard InChI is InChI=1S/C16H22N2O5S/c1-18(10-15(20)21)16(22)13(8-9-24-2)17-14(19)11-23-12-6-4-3-5-7-12/h3-7,13H,8-11H2,1-2H3,(H,17,19)(H,20,21). The van der Waals surface area contributed by atoms with Gasteiger partial charge in [0.05, 0.1) is 0 Å². The number of carboxylic acid groups (broad SMARTS) is 1. The molecule has 0 saturated heterocycles. The molecule has 0 aliphatic rings. The number of benzene rings is 1. The summed E-state index contributed by atoms with van der Waals surface area (Å²) in [6.45, 7) is -0.624. The molecule has 0 aliphatic heterocycles. The van der Waals surface area contributed by atoms with Crippen LogP contribution < -0.4 is 10.1 Å². The number of hydrogen-bond donors (Lipinski definition) is 2. The summed E-state index contributed by atoms with van der Waals surface area (Å²) in [4.78, 5) is 36.1. The van der Waals surface area contributed by atoms with Gasteiger partial charge in [-0.3, -0.25) is 14.4 Å². The SMILES string of the molecule is CSCCC(NC(=O)COc1ccccc1)C(=O)N(C)CC(=O)O. The Morgan fingerprint density at radius 3 is 2.54 bits per heavy atom. The first-order chi connectivity index (χ1) is 11.4. The van der Waals surface area contributed by atoms with E-state index in [9.17, 15) is 14.4 Å². The molecule has 0 heterocycles. The highest BCUT2D eigenvalue weighted by molar-refractivity contribution is 7.98. The van der Waals surface area contributed by atoms with Crippen LogP contribution in [0.1, 0.15) is 6.42 Å². The number of para-hydroxylation sites is 1. The number of nitrogens with one attached hydrogen (secondary N) is 1. The zero-order chi connectivity index (χ0) is 17.9. The molecule has 7 nitrogen and oxygen atoms in total. The number of thioether (sulfide) groups is 1. The quantitative estimate of drug-likeness (QED) is 0.647. The summed E-state index contributed by atoms with van der Waals surface area (Å²) < 4.78 is 5.34. The van der Waals surface area contributed by atoms with Crippen molar-refractivity contribution in [3.05, 3.63) is 30.3 Å². The molecule has 1 rings (SSSR count). The third-order valence-corrected chi connectivity index (χ3v) is 3.75. The maximum absolute atomic E-state index is 12.3. The summed E-state index contributed by atoms with van der Waals surface area (Å²) in [6, 6.07) is 8.10. The summed E-state index contributed by atoms with van der Waals surface area (Å²) in [7, 11) is 1.40. The van der Waals surface area contributed by atoms with Gasteiger partial charge in [-0.1, -0.05) is 18.2 Å². The van der Waals surface area contributed by atoms with Gasteiger partial charge in [0.25, 0.3) is 5.91 Å². The minimum atomic E-state index is -1.10. The van der Waals surface area contributed by atoms with Crippen LogP contribution in [0, 0.1) is 0 Å². The fourth-order valence-electron chi connectivity index (χ4n) is 1.94. The number of carbonyl (C=O) groups excluding carboxylic acids is 2. The Kier molecular flexibility index (Phi) is 8.70. The second-order valence-corrected chi connectivity index (χ2v) is 6.08. The summed E-state index contributed by atoms with van der Waals surface area (Å²) >= 11 is 1.54. The average molecular weight is 354 g/mol. The molecule has 0 fully saturated rings. The minimum Gasteiger partial charge on any atom is -0.484 e. The molecule has 2 N–H and O–H groups in total. The van der Waals surface area contributed by atoms with Crippen molar-refractivity contribution in [2.75, 3.05) is 32.2 Å². The molecule has 0 aromatic heterocycles. The van der Waals surface area contributed by atoms with Gasteiger partial charge < -0.3 is 20.1 Å². The Morgan fingerprint density at radius 2 is 1.96 bits per heavy atom. The third-order valence-electron chi connectivity index (χ3n) is 3.11. The van der Waals surface area contributed by atoms with E-state index in [1.54, 1.807) is 36.0 Å². The Hall–Kier alpha value is -2.22. The van der Waals surface area contributed by atoms with Crippen LogP contribution in [0.4, 0.5) is 0 Å². The van der Waals surface area contributed by atoms with Crippen molar-refractivity contribution in [3.63, 3.8) is 0 Å². The van der Waals surface area contributed by atoms with E-state index in [-0.39, 0.29) is 6.61 Å². The van der Waals surface area contributed by atoms with Gasteiger partial charge >= 0.3 is 5.97 Å². The molecule has 2 amide bonds. The highest BCUT2D eigenvalue weighted by Gasteiger charge is 2.24. The lowest BCUT2D eigenvalue weighted by atomic mass is 10.2. The fraction of sp³-hybridized carbons (Fsp3) is 0.438. The van der Waals surface area contributed by atoms with Crippen molar-refractivity contribution in [1.82, 2.24) is 10.2 Å². The number of amides is 2. The number of hydrogen-bond acceptors (Lipinski definition) is 5. The van der Waals surface area contributed by atoms with Gasteiger partial charge in [0.2, 0.25) is 5.91 Å². The smallest absolute Gasteiger partial charge is 0.323 e. The van der Waals surface area contributed by atoms with Crippen LogP contribution in [0.25, 0.3) is 0 Å². The third kappa shape index (κ3) is 7.36. The predicted molar refractivity (Wildman–Crippen MR) is 92.1 cm³/mol. The highest BCUT2D eigenvalue weighted by atomic mass is 32.2. The summed E-state index contributed by atoms with van der Waals surface area (Å²) in [5.41, 5.74) is 0. The number of ether oxygens (including phenoxy) is 1. The minimum absolute atomic E-state index is 0.213. The molecule has 1 aromatic carbocycles. The first-order valence-corrected chi connectivity index (χ1v) is 8.76. The van der Waals surface area contributed by atoms with Crippen LogP contribution in [-0.4, -0.2) is 66.0 Å². The van der Waals surface area contributed by atoms with E-state index in [1.165, 1.54) is 7.05 Å².